The zero-order chi connectivity index (χ0) is 12.2. The molecule has 0 unspecified atom stereocenters. The quantitative estimate of drug-likeness (QED) is 0.765. The van der Waals surface area contributed by atoms with E-state index in [0.717, 1.165) is 12.1 Å². The molecule has 0 aliphatic heterocycles. The van der Waals surface area contributed by atoms with E-state index in [4.69, 9.17) is 4.74 Å². The van der Waals surface area contributed by atoms with Crippen LogP contribution >= 0.6 is 0 Å². The molecule has 1 rings (SSSR count). The molecule has 0 saturated carbocycles. The van der Waals surface area contributed by atoms with Crippen LogP contribution in [0.2, 0.25) is 0 Å². The summed E-state index contributed by atoms with van der Waals surface area (Å²) in [6.45, 7) is 4.76. The summed E-state index contributed by atoms with van der Waals surface area (Å²) in [5.41, 5.74) is -0.0754. The van der Waals surface area contributed by atoms with E-state index in [1.165, 1.54) is 6.07 Å². The van der Waals surface area contributed by atoms with Crippen LogP contribution < -0.4 is 0 Å². The summed E-state index contributed by atoms with van der Waals surface area (Å²) in [5, 5.41) is 0. The average molecular weight is 232 g/mol. The summed E-state index contributed by atoms with van der Waals surface area (Å²) in [6.07, 6.45) is -4.28. The van der Waals surface area contributed by atoms with Crippen molar-refractivity contribution in [2.24, 2.45) is 5.92 Å². The summed E-state index contributed by atoms with van der Waals surface area (Å²) in [5.74, 6) is 0.380. The monoisotopic (exact) mass is 232 g/mol. The highest BCUT2D eigenvalue weighted by Gasteiger charge is 2.30. The van der Waals surface area contributed by atoms with Gasteiger partial charge < -0.3 is 4.74 Å². The fraction of sp³-hybridized carbons (Fsp3) is 0.500. The lowest BCUT2D eigenvalue weighted by Crippen LogP contribution is -2.06. The Morgan fingerprint density at radius 3 is 2.50 bits per heavy atom. The van der Waals surface area contributed by atoms with Gasteiger partial charge in [-0.15, -0.1) is 0 Å². The molecule has 90 valence electrons. The molecule has 0 fully saturated rings. The summed E-state index contributed by atoms with van der Waals surface area (Å²) >= 11 is 0. The first kappa shape index (κ1) is 13.0. The summed E-state index contributed by atoms with van der Waals surface area (Å²) in [4.78, 5) is 0. The molecule has 0 aliphatic rings. The fourth-order valence-electron chi connectivity index (χ4n) is 1.25. The molecule has 16 heavy (non-hydrogen) atoms. The first-order chi connectivity index (χ1) is 7.39. The minimum Gasteiger partial charge on any atom is -0.377 e. The van der Waals surface area contributed by atoms with Crippen LogP contribution in [0.1, 0.15) is 25.0 Å². The Balaban J connectivity index is 2.61. The van der Waals surface area contributed by atoms with Gasteiger partial charge in [0.2, 0.25) is 0 Å². The zero-order valence-corrected chi connectivity index (χ0v) is 9.34. The molecule has 1 aromatic carbocycles. The third-order valence-electron chi connectivity index (χ3n) is 1.97. The number of hydrogen-bond donors (Lipinski definition) is 0. The number of alkyl halides is 3. The molecule has 0 aliphatic carbocycles. The van der Waals surface area contributed by atoms with Gasteiger partial charge in [0.05, 0.1) is 12.2 Å². The van der Waals surface area contributed by atoms with Gasteiger partial charge >= 0.3 is 6.18 Å². The minimum absolute atomic E-state index is 0.224. The van der Waals surface area contributed by atoms with Gasteiger partial charge in [-0.1, -0.05) is 26.0 Å². The molecule has 0 radical (unpaired) electrons. The highest BCUT2D eigenvalue weighted by Crippen LogP contribution is 2.29. The molecule has 4 heteroatoms. The van der Waals surface area contributed by atoms with E-state index < -0.39 is 11.7 Å². The van der Waals surface area contributed by atoms with E-state index in [1.54, 1.807) is 6.07 Å². The Kier molecular flexibility index (Phi) is 4.35. The van der Waals surface area contributed by atoms with Gasteiger partial charge in [-0.2, -0.15) is 13.2 Å². The molecule has 0 heterocycles. The molecule has 0 spiro atoms. The SMILES string of the molecule is CC(C)COCc1cccc(C(F)(F)F)c1. The Morgan fingerprint density at radius 1 is 1.25 bits per heavy atom. The van der Waals surface area contributed by atoms with E-state index in [0.29, 0.717) is 18.1 Å². The highest BCUT2D eigenvalue weighted by molar-refractivity contribution is 5.25. The largest absolute Gasteiger partial charge is 0.416 e. The van der Waals surface area contributed by atoms with Crippen molar-refractivity contribution in [2.75, 3.05) is 6.61 Å². The van der Waals surface area contributed by atoms with Gasteiger partial charge in [-0.3, -0.25) is 0 Å². The van der Waals surface area contributed by atoms with Gasteiger partial charge in [0.15, 0.2) is 0 Å². The Bertz CT molecular complexity index is 331. The summed E-state index contributed by atoms with van der Waals surface area (Å²) < 4.78 is 42.4. The second kappa shape index (κ2) is 5.34. The molecule has 0 bridgehead atoms. The first-order valence-electron chi connectivity index (χ1n) is 5.13. The highest BCUT2D eigenvalue weighted by atomic mass is 19.4. The predicted molar refractivity (Wildman–Crippen MR) is 55.9 cm³/mol. The van der Waals surface area contributed by atoms with Crippen molar-refractivity contribution in [3.8, 4) is 0 Å². The summed E-state index contributed by atoms with van der Waals surface area (Å²) in [6, 6.07) is 5.22. The second-order valence-electron chi connectivity index (χ2n) is 4.11. The van der Waals surface area contributed by atoms with Gasteiger partial charge in [0.1, 0.15) is 0 Å². The van der Waals surface area contributed by atoms with E-state index in [1.807, 2.05) is 13.8 Å². The number of benzene rings is 1. The molecular weight excluding hydrogens is 217 g/mol. The fourth-order valence-corrected chi connectivity index (χ4v) is 1.25. The van der Waals surface area contributed by atoms with Crippen molar-refractivity contribution in [1.29, 1.82) is 0 Å². The van der Waals surface area contributed by atoms with Gasteiger partial charge in [0, 0.05) is 6.61 Å². The van der Waals surface area contributed by atoms with Crippen LogP contribution in [-0.4, -0.2) is 6.61 Å². The molecule has 0 aromatic heterocycles. The number of halogens is 3. The molecule has 0 saturated heterocycles. The van der Waals surface area contributed by atoms with Crippen LogP contribution in [0.3, 0.4) is 0 Å². The van der Waals surface area contributed by atoms with Crippen LogP contribution in [0.4, 0.5) is 13.2 Å². The van der Waals surface area contributed by atoms with Crippen LogP contribution in [0.5, 0.6) is 0 Å². The maximum absolute atomic E-state index is 12.4. The Labute approximate surface area is 93.2 Å². The van der Waals surface area contributed by atoms with Crippen molar-refractivity contribution in [1.82, 2.24) is 0 Å². The maximum atomic E-state index is 12.4. The number of hydrogen-bond acceptors (Lipinski definition) is 1. The van der Waals surface area contributed by atoms with Crippen LogP contribution in [-0.2, 0) is 17.5 Å². The van der Waals surface area contributed by atoms with Gasteiger partial charge in [-0.25, -0.2) is 0 Å². The van der Waals surface area contributed by atoms with Gasteiger partial charge in [0.25, 0.3) is 0 Å². The van der Waals surface area contributed by atoms with Crippen molar-refractivity contribution in [2.45, 2.75) is 26.6 Å². The third-order valence-corrected chi connectivity index (χ3v) is 1.97. The van der Waals surface area contributed by atoms with E-state index in [-0.39, 0.29) is 6.61 Å². The van der Waals surface area contributed by atoms with E-state index in [9.17, 15) is 13.2 Å². The normalized spacial score (nSPS) is 12.1. The second-order valence-corrected chi connectivity index (χ2v) is 4.11. The van der Waals surface area contributed by atoms with Crippen molar-refractivity contribution < 1.29 is 17.9 Å². The lowest BCUT2D eigenvalue weighted by Gasteiger charge is -2.10. The smallest absolute Gasteiger partial charge is 0.377 e. The number of ether oxygens (including phenoxy) is 1. The maximum Gasteiger partial charge on any atom is 0.416 e. The van der Waals surface area contributed by atoms with Crippen molar-refractivity contribution in [3.05, 3.63) is 35.4 Å². The van der Waals surface area contributed by atoms with E-state index >= 15 is 0 Å². The Hall–Kier alpha value is -1.03. The standard InChI is InChI=1S/C12H15F3O/c1-9(2)7-16-8-10-4-3-5-11(6-10)12(13,14)15/h3-6,9H,7-8H2,1-2H3. The lowest BCUT2D eigenvalue weighted by atomic mass is 10.1. The zero-order valence-electron chi connectivity index (χ0n) is 9.34. The van der Waals surface area contributed by atoms with Crippen molar-refractivity contribution in [3.63, 3.8) is 0 Å². The minimum atomic E-state index is -4.28. The van der Waals surface area contributed by atoms with Crippen LogP contribution in [0.15, 0.2) is 24.3 Å². The average Bonchev–Trinajstić information content (AvgIpc) is 2.16. The van der Waals surface area contributed by atoms with Crippen molar-refractivity contribution >= 4 is 0 Å². The topological polar surface area (TPSA) is 9.23 Å². The molecule has 0 N–H and O–H groups in total. The van der Waals surface area contributed by atoms with Gasteiger partial charge in [-0.05, 0) is 23.6 Å². The Morgan fingerprint density at radius 2 is 1.94 bits per heavy atom. The summed E-state index contributed by atoms with van der Waals surface area (Å²) in [7, 11) is 0. The molecular formula is C12H15F3O. The molecule has 0 atom stereocenters. The predicted octanol–water partition coefficient (Wildman–Crippen LogP) is 3.88. The molecule has 1 aromatic rings. The first-order valence-corrected chi connectivity index (χ1v) is 5.13. The molecule has 0 amide bonds. The number of rotatable bonds is 4. The lowest BCUT2D eigenvalue weighted by molar-refractivity contribution is -0.137. The van der Waals surface area contributed by atoms with Crippen LogP contribution in [0.25, 0.3) is 0 Å². The third kappa shape index (κ3) is 4.23. The van der Waals surface area contributed by atoms with Crippen LogP contribution in [0, 0.1) is 5.92 Å². The molecule has 1 nitrogen and oxygen atoms in total. The van der Waals surface area contributed by atoms with E-state index in [2.05, 4.69) is 0 Å².